The van der Waals surface area contributed by atoms with E-state index in [1.54, 1.807) is 12.1 Å². The highest BCUT2D eigenvalue weighted by molar-refractivity contribution is 9.10. The zero-order valence-corrected chi connectivity index (χ0v) is 13.2. The van der Waals surface area contributed by atoms with Crippen molar-refractivity contribution in [1.82, 2.24) is 14.9 Å². The third-order valence-corrected chi connectivity index (χ3v) is 4.67. The van der Waals surface area contributed by atoms with Gasteiger partial charge in [0.15, 0.2) is 0 Å². The molecule has 19 heavy (non-hydrogen) atoms. The molecule has 0 aliphatic rings. The Morgan fingerprint density at radius 1 is 1.47 bits per heavy atom. The van der Waals surface area contributed by atoms with Crippen LogP contribution in [0.2, 0.25) is 0 Å². The Labute approximate surface area is 124 Å². The van der Waals surface area contributed by atoms with Gasteiger partial charge in [0.05, 0.1) is 10.6 Å². The summed E-state index contributed by atoms with van der Waals surface area (Å²) in [6, 6.07) is 4.86. The van der Waals surface area contributed by atoms with Gasteiger partial charge in [-0.3, -0.25) is 0 Å². The minimum atomic E-state index is -0.216. The van der Waals surface area contributed by atoms with Gasteiger partial charge in [-0.15, -0.1) is 5.10 Å². The summed E-state index contributed by atoms with van der Waals surface area (Å²) in [7, 11) is 1.90. The Bertz CT molecular complexity index is 559. The molecule has 1 unspecified atom stereocenters. The molecule has 0 bridgehead atoms. The lowest BCUT2D eigenvalue weighted by Gasteiger charge is -2.16. The number of nitrogens with zero attached hydrogens (tertiary/aromatic N) is 2. The van der Waals surface area contributed by atoms with Crippen LogP contribution in [-0.4, -0.2) is 16.6 Å². The average molecular weight is 344 g/mol. The molecular formula is C13H15BrFN3S. The Balaban J connectivity index is 2.26. The number of nitrogens with one attached hydrogen (secondary N) is 1. The number of hydrogen-bond acceptors (Lipinski definition) is 4. The minimum Gasteiger partial charge on any atom is -0.312 e. The monoisotopic (exact) mass is 343 g/mol. The van der Waals surface area contributed by atoms with Crippen molar-refractivity contribution in [1.29, 1.82) is 0 Å². The van der Waals surface area contributed by atoms with Crippen LogP contribution in [0.15, 0.2) is 22.7 Å². The number of aromatic nitrogens is 2. The van der Waals surface area contributed by atoms with Crippen LogP contribution in [0, 0.1) is 5.82 Å². The van der Waals surface area contributed by atoms with Gasteiger partial charge in [0.25, 0.3) is 0 Å². The van der Waals surface area contributed by atoms with E-state index in [2.05, 4.69) is 37.8 Å². The van der Waals surface area contributed by atoms with Crippen LogP contribution in [-0.2, 0) is 12.8 Å². The summed E-state index contributed by atoms with van der Waals surface area (Å²) in [5.74, 6) is -0.216. The lowest BCUT2D eigenvalue weighted by molar-refractivity contribution is 0.585. The van der Waals surface area contributed by atoms with Crippen LogP contribution in [0.1, 0.15) is 29.1 Å². The van der Waals surface area contributed by atoms with Crippen LogP contribution < -0.4 is 5.32 Å². The fraction of sp³-hybridized carbons (Fsp3) is 0.385. The molecule has 0 saturated heterocycles. The zero-order valence-electron chi connectivity index (χ0n) is 10.8. The molecule has 0 aliphatic carbocycles. The van der Waals surface area contributed by atoms with E-state index in [4.69, 9.17) is 0 Å². The smallest absolute Gasteiger partial charge is 0.123 e. The number of rotatable bonds is 5. The van der Waals surface area contributed by atoms with Gasteiger partial charge in [-0.1, -0.05) is 27.3 Å². The quantitative estimate of drug-likeness (QED) is 0.902. The number of likely N-dealkylation sites (N-methyl/N-ethyl adjacent to an activating group) is 1. The van der Waals surface area contributed by atoms with Gasteiger partial charge in [0.1, 0.15) is 5.82 Å². The topological polar surface area (TPSA) is 37.8 Å². The molecule has 2 aromatic rings. The van der Waals surface area contributed by atoms with Crippen molar-refractivity contribution >= 4 is 27.5 Å². The van der Waals surface area contributed by atoms with Gasteiger partial charge in [-0.05, 0) is 55.2 Å². The molecule has 1 atom stereocenters. The Hall–Kier alpha value is -0.850. The second kappa shape index (κ2) is 6.54. The average Bonchev–Trinajstić information content (AvgIpc) is 2.88. The number of aryl methyl sites for hydroxylation is 1. The Kier molecular flexibility index (Phi) is 5.01. The van der Waals surface area contributed by atoms with Crippen LogP contribution in [0.3, 0.4) is 0 Å². The standard InChI is InChI=1S/C13H15BrFN3S/c1-3-11-13(19-18-17-11)12(16-2)7-8-6-9(15)4-5-10(8)14/h4-6,12,16H,3,7H2,1-2H3. The lowest BCUT2D eigenvalue weighted by atomic mass is 10.0. The summed E-state index contributed by atoms with van der Waals surface area (Å²) < 4.78 is 18.3. The van der Waals surface area contributed by atoms with Crippen molar-refractivity contribution in [2.24, 2.45) is 0 Å². The van der Waals surface area contributed by atoms with E-state index in [-0.39, 0.29) is 11.9 Å². The normalized spacial score (nSPS) is 12.6. The first-order valence-electron chi connectivity index (χ1n) is 6.08. The summed E-state index contributed by atoms with van der Waals surface area (Å²) in [6.45, 7) is 2.06. The van der Waals surface area contributed by atoms with E-state index in [9.17, 15) is 4.39 Å². The highest BCUT2D eigenvalue weighted by Crippen LogP contribution is 2.27. The molecule has 0 saturated carbocycles. The third-order valence-electron chi connectivity index (χ3n) is 3.02. The number of benzene rings is 1. The van der Waals surface area contributed by atoms with Gasteiger partial charge in [0, 0.05) is 10.5 Å². The third kappa shape index (κ3) is 3.38. The van der Waals surface area contributed by atoms with Crippen molar-refractivity contribution in [2.45, 2.75) is 25.8 Å². The maximum absolute atomic E-state index is 13.3. The van der Waals surface area contributed by atoms with Crippen molar-refractivity contribution in [3.63, 3.8) is 0 Å². The fourth-order valence-electron chi connectivity index (χ4n) is 1.97. The number of hydrogen-bond donors (Lipinski definition) is 1. The zero-order chi connectivity index (χ0) is 13.8. The summed E-state index contributed by atoms with van der Waals surface area (Å²) in [5.41, 5.74) is 1.95. The maximum Gasteiger partial charge on any atom is 0.123 e. The van der Waals surface area contributed by atoms with Crippen LogP contribution >= 0.6 is 27.5 Å². The lowest BCUT2D eigenvalue weighted by Crippen LogP contribution is -2.19. The molecule has 1 aromatic heterocycles. The van der Waals surface area contributed by atoms with Gasteiger partial charge < -0.3 is 5.32 Å². The van der Waals surface area contributed by atoms with E-state index in [1.807, 2.05) is 7.05 Å². The van der Waals surface area contributed by atoms with Crippen LogP contribution in [0.4, 0.5) is 4.39 Å². The first-order chi connectivity index (χ1) is 9.15. The summed E-state index contributed by atoms with van der Waals surface area (Å²) in [5, 5.41) is 7.39. The number of halogens is 2. The van der Waals surface area contributed by atoms with E-state index < -0.39 is 0 Å². The first-order valence-corrected chi connectivity index (χ1v) is 7.64. The van der Waals surface area contributed by atoms with Gasteiger partial charge in [0.2, 0.25) is 0 Å². The molecular weight excluding hydrogens is 329 g/mol. The molecule has 1 N–H and O–H groups in total. The molecule has 0 spiro atoms. The van der Waals surface area contributed by atoms with E-state index in [0.717, 1.165) is 27.0 Å². The SMILES string of the molecule is CCc1nnsc1C(Cc1cc(F)ccc1Br)NC. The van der Waals surface area contributed by atoms with Crippen LogP contribution in [0.5, 0.6) is 0 Å². The summed E-state index contributed by atoms with van der Waals surface area (Å²) >= 11 is 4.87. The first kappa shape index (κ1) is 14.6. The van der Waals surface area contributed by atoms with Gasteiger partial charge in [-0.25, -0.2) is 4.39 Å². The second-order valence-corrected chi connectivity index (χ2v) is 5.86. The fourth-order valence-corrected chi connectivity index (χ4v) is 3.23. The molecule has 102 valence electrons. The van der Waals surface area contributed by atoms with Gasteiger partial charge in [-0.2, -0.15) is 0 Å². The van der Waals surface area contributed by atoms with Crippen molar-refractivity contribution in [3.8, 4) is 0 Å². The molecule has 0 aliphatic heterocycles. The van der Waals surface area contributed by atoms with Crippen molar-refractivity contribution < 1.29 is 4.39 Å². The molecule has 6 heteroatoms. The van der Waals surface area contributed by atoms with Crippen molar-refractivity contribution in [2.75, 3.05) is 7.05 Å². The minimum absolute atomic E-state index is 0.105. The van der Waals surface area contributed by atoms with Crippen molar-refractivity contribution in [3.05, 3.63) is 44.6 Å². The molecule has 0 amide bonds. The molecule has 0 radical (unpaired) electrons. The van der Waals surface area contributed by atoms with E-state index in [0.29, 0.717) is 6.42 Å². The van der Waals surface area contributed by atoms with Crippen LogP contribution in [0.25, 0.3) is 0 Å². The maximum atomic E-state index is 13.3. The predicted molar refractivity (Wildman–Crippen MR) is 78.9 cm³/mol. The predicted octanol–water partition coefficient (Wildman–Crippen LogP) is 3.51. The highest BCUT2D eigenvalue weighted by Gasteiger charge is 2.18. The Morgan fingerprint density at radius 3 is 2.95 bits per heavy atom. The molecule has 0 fully saturated rings. The van der Waals surface area contributed by atoms with Gasteiger partial charge >= 0.3 is 0 Å². The Morgan fingerprint density at radius 2 is 2.26 bits per heavy atom. The molecule has 2 rings (SSSR count). The second-order valence-electron chi connectivity index (χ2n) is 4.22. The highest BCUT2D eigenvalue weighted by atomic mass is 79.9. The molecule has 1 aromatic carbocycles. The molecule has 1 heterocycles. The van der Waals surface area contributed by atoms with E-state index in [1.165, 1.54) is 17.6 Å². The molecule has 3 nitrogen and oxygen atoms in total. The summed E-state index contributed by atoms with van der Waals surface area (Å²) in [6.07, 6.45) is 1.56. The summed E-state index contributed by atoms with van der Waals surface area (Å²) in [4.78, 5) is 1.13. The largest absolute Gasteiger partial charge is 0.312 e. The van der Waals surface area contributed by atoms with E-state index >= 15 is 0 Å².